The van der Waals surface area contributed by atoms with Crippen molar-refractivity contribution in [1.82, 2.24) is 5.43 Å². The van der Waals surface area contributed by atoms with Gasteiger partial charge >= 0.3 is 0 Å². The number of rotatable bonds is 11. The summed E-state index contributed by atoms with van der Waals surface area (Å²) in [6, 6.07) is 0. The lowest BCUT2D eigenvalue weighted by atomic mass is 10.2. The van der Waals surface area contributed by atoms with Crippen molar-refractivity contribution in [1.29, 1.82) is 0 Å². The van der Waals surface area contributed by atoms with E-state index in [1.807, 2.05) is 0 Å². The van der Waals surface area contributed by atoms with Crippen LogP contribution in [0.2, 0.25) is 0 Å². The number of aliphatic hydroxyl groups is 1. The van der Waals surface area contributed by atoms with E-state index < -0.39 is 25.1 Å². The molecule has 0 radical (unpaired) electrons. The van der Waals surface area contributed by atoms with E-state index >= 15 is 0 Å². The highest BCUT2D eigenvalue weighted by Crippen LogP contribution is 2.04. The molecular weight excluding hydrogens is 288 g/mol. The number of carbonyl (C=O) groups excluding carboxylic acids is 2. The number of carbonyl (C=O) groups is 2. The molecule has 0 aromatic carbocycles. The predicted octanol–water partition coefficient (Wildman–Crippen LogP) is -1.03. The summed E-state index contributed by atoms with van der Waals surface area (Å²) in [7, 11) is 2.67. The molecule has 0 aliphatic carbocycles. The van der Waals surface area contributed by atoms with Gasteiger partial charge in [-0.1, -0.05) is 0 Å². The molecule has 1 unspecified atom stereocenters. The highest BCUT2D eigenvalue weighted by atomic mass is 32.1. The van der Waals surface area contributed by atoms with E-state index in [-0.39, 0.29) is 12.3 Å². The van der Waals surface area contributed by atoms with Crippen LogP contribution in [-0.4, -0.2) is 68.6 Å². The molecule has 3 atom stereocenters. The average Bonchev–Trinajstić information content (AvgIpc) is 2.45. The van der Waals surface area contributed by atoms with E-state index in [4.69, 9.17) is 19.3 Å². The highest BCUT2D eigenvalue weighted by Gasteiger charge is 2.24. The third-order valence-electron chi connectivity index (χ3n) is 2.22. The van der Waals surface area contributed by atoms with Crippen LogP contribution in [0.5, 0.6) is 0 Å². The van der Waals surface area contributed by atoms with Gasteiger partial charge in [0.25, 0.3) is 0 Å². The van der Waals surface area contributed by atoms with Crippen molar-refractivity contribution < 1.29 is 28.9 Å². The number of aldehydes is 1. The number of nitrogens with one attached hydrogen (secondary N) is 1. The van der Waals surface area contributed by atoms with Crippen LogP contribution >= 0.6 is 12.6 Å². The Bertz CT molecular complexity index is 315. The molecule has 0 saturated heterocycles. The minimum atomic E-state index is -0.943. The first kappa shape index (κ1) is 19.0. The first-order chi connectivity index (χ1) is 9.62. The first-order valence-corrected chi connectivity index (χ1v) is 6.46. The molecule has 1 amide bonds. The van der Waals surface area contributed by atoms with E-state index in [2.05, 4.69) is 23.2 Å². The number of aliphatic hydroxyl groups excluding tert-OH is 1. The van der Waals surface area contributed by atoms with E-state index in [0.29, 0.717) is 12.0 Å². The van der Waals surface area contributed by atoms with Crippen LogP contribution in [0.3, 0.4) is 0 Å². The van der Waals surface area contributed by atoms with Gasteiger partial charge in [0, 0.05) is 20.6 Å². The Morgan fingerprint density at radius 3 is 2.60 bits per heavy atom. The van der Waals surface area contributed by atoms with Crippen LogP contribution in [0.1, 0.15) is 6.42 Å². The standard InChI is InChI=1S/C11H20N2O6S/c1-17-8(6-14)9(7-15)19-11(18-2)5-12-13-10(16)3-4-20/h5-6,8-9,11,15,20H,3-4,7H2,1-2H3,(H,13,16)/b12-5-/t8?,9-,11-/m0/s1. The third-order valence-corrected chi connectivity index (χ3v) is 2.44. The van der Waals surface area contributed by atoms with Gasteiger partial charge in [0.05, 0.1) is 12.8 Å². The van der Waals surface area contributed by atoms with Crippen LogP contribution in [0.15, 0.2) is 5.10 Å². The lowest BCUT2D eigenvalue weighted by molar-refractivity contribution is -0.163. The molecule has 0 aliphatic rings. The van der Waals surface area contributed by atoms with Crippen LogP contribution < -0.4 is 5.43 Å². The number of methoxy groups -OCH3 is 2. The second-order valence-electron chi connectivity index (χ2n) is 3.58. The maximum absolute atomic E-state index is 11.1. The average molecular weight is 308 g/mol. The summed E-state index contributed by atoms with van der Waals surface area (Å²) in [6.45, 7) is -0.434. The smallest absolute Gasteiger partial charge is 0.240 e. The normalized spacial score (nSPS) is 15.8. The van der Waals surface area contributed by atoms with Crippen molar-refractivity contribution in [2.24, 2.45) is 5.10 Å². The van der Waals surface area contributed by atoms with Crippen molar-refractivity contribution in [2.45, 2.75) is 24.9 Å². The van der Waals surface area contributed by atoms with Crippen molar-refractivity contribution in [3.8, 4) is 0 Å². The van der Waals surface area contributed by atoms with E-state index in [0.717, 1.165) is 0 Å². The number of nitrogens with zero attached hydrogens (tertiary/aromatic N) is 1. The van der Waals surface area contributed by atoms with Gasteiger partial charge in [-0.05, 0) is 5.75 Å². The summed E-state index contributed by atoms with van der Waals surface area (Å²) in [5, 5.41) is 12.8. The van der Waals surface area contributed by atoms with Gasteiger partial charge in [0.1, 0.15) is 12.2 Å². The zero-order valence-electron chi connectivity index (χ0n) is 11.4. The van der Waals surface area contributed by atoms with Crippen LogP contribution in [0.4, 0.5) is 0 Å². The monoisotopic (exact) mass is 308 g/mol. The molecule has 0 heterocycles. The van der Waals surface area contributed by atoms with Gasteiger partial charge in [-0.15, -0.1) is 0 Å². The first-order valence-electron chi connectivity index (χ1n) is 5.83. The zero-order valence-corrected chi connectivity index (χ0v) is 12.3. The van der Waals surface area contributed by atoms with Gasteiger partial charge in [0.2, 0.25) is 5.91 Å². The summed E-state index contributed by atoms with van der Waals surface area (Å²) in [5.41, 5.74) is 2.26. The molecule has 0 aromatic heterocycles. The number of thiol groups is 1. The van der Waals surface area contributed by atoms with E-state index in [1.54, 1.807) is 0 Å². The Hall–Kier alpha value is -1.000. The molecule has 0 aliphatic heterocycles. The fourth-order valence-corrected chi connectivity index (χ4v) is 1.37. The SMILES string of the molecule is COC(C=O)[C@H](CO)O[C@@H](/C=N\NC(=O)CCS)OC. The van der Waals surface area contributed by atoms with Gasteiger partial charge < -0.3 is 24.1 Å². The molecule has 20 heavy (non-hydrogen) atoms. The number of hydrazone groups is 1. The van der Waals surface area contributed by atoms with Gasteiger partial charge in [-0.3, -0.25) is 4.79 Å². The summed E-state index contributed by atoms with van der Waals surface area (Å²) in [6.07, 6.45) is -0.835. The summed E-state index contributed by atoms with van der Waals surface area (Å²) >= 11 is 3.91. The highest BCUT2D eigenvalue weighted by molar-refractivity contribution is 7.80. The number of hydrogen-bond donors (Lipinski definition) is 3. The molecule has 2 N–H and O–H groups in total. The topological polar surface area (TPSA) is 106 Å². The molecule has 0 saturated carbocycles. The summed E-state index contributed by atoms with van der Waals surface area (Å²) in [5.74, 6) is 0.111. The van der Waals surface area contributed by atoms with Crippen LogP contribution in [-0.2, 0) is 23.8 Å². The lowest BCUT2D eigenvalue weighted by Crippen LogP contribution is -2.39. The third kappa shape index (κ3) is 7.56. The number of hydrogen-bond acceptors (Lipinski definition) is 8. The minimum absolute atomic E-state index is 0.231. The van der Waals surface area contributed by atoms with Crippen molar-refractivity contribution in [3.05, 3.63) is 0 Å². The minimum Gasteiger partial charge on any atom is -0.394 e. The lowest BCUT2D eigenvalue weighted by Gasteiger charge is -2.23. The second-order valence-corrected chi connectivity index (χ2v) is 4.03. The Morgan fingerprint density at radius 2 is 2.15 bits per heavy atom. The predicted molar refractivity (Wildman–Crippen MR) is 74.7 cm³/mol. The Kier molecular flexibility index (Phi) is 11.2. The molecule has 0 bridgehead atoms. The molecule has 116 valence electrons. The maximum Gasteiger partial charge on any atom is 0.240 e. The molecule has 8 nitrogen and oxygen atoms in total. The molecule has 0 fully saturated rings. The molecule has 9 heteroatoms. The summed E-state index contributed by atoms with van der Waals surface area (Å²) in [4.78, 5) is 21.9. The second kappa shape index (κ2) is 11.8. The van der Waals surface area contributed by atoms with Crippen LogP contribution in [0, 0.1) is 0 Å². The van der Waals surface area contributed by atoms with E-state index in [9.17, 15) is 9.59 Å². The molecular formula is C11H20N2O6S. The number of ether oxygens (including phenoxy) is 3. The van der Waals surface area contributed by atoms with Crippen molar-refractivity contribution in [3.63, 3.8) is 0 Å². The summed E-state index contributed by atoms with van der Waals surface area (Å²) < 4.78 is 15.1. The Labute approximate surface area is 122 Å². The Morgan fingerprint density at radius 1 is 1.45 bits per heavy atom. The zero-order chi connectivity index (χ0) is 15.4. The molecule has 0 spiro atoms. The van der Waals surface area contributed by atoms with Crippen molar-refractivity contribution in [2.75, 3.05) is 26.6 Å². The maximum atomic E-state index is 11.1. The molecule has 0 aromatic rings. The molecule has 0 rings (SSSR count). The van der Waals surface area contributed by atoms with Crippen molar-refractivity contribution >= 4 is 31.0 Å². The van der Waals surface area contributed by atoms with E-state index in [1.165, 1.54) is 20.4 Å². The van der Waals surface area contributed by atoms with Gasteiger partial charge in [-0.2, -0.15) is 17.7 Å². The fourth-order valence-electron chi connectivity index (χ4n) is 1.17. The fraction of sp³-hybridized carbons (Fsp3) is 0.727. The number of amides is 1. The largest absolute Gasteiger partial charge is 0.394 e. The quantitative estimate of drug-likeness (QED) is 0.148. The van der Waals surface area contributed by atoms with Crippen LogP contribution in [0.25, 0.3) is 0 Å². The Balaban J connectivity index is 4.40. The van der Waals surface area contributed by atoms with Gasteiger partial charge in [0.15, 0.2) is 12.6 Å². The van der Waals surface area contributed by atoms with Gasteiger partial charge in [-0.25, -0.2) is 5.43 Å².